The van der Waals surface area contributed by atoms with Crippen LogP contribution in [0.5, 0.6) is 0 Å². The number of amides is 2. The third-order valence-electron chi connectivity index (χ3n) is 2.65. The third kappa shape index (κ3) is 3.40. The minimum atomic E-state index is -0.960. The van der Waals surface area contributed by atoms with Crippen LogP contribution in [-0.4, -0.2) is 52.6 Å². The smallest absolute Gasteiger partial charge is 0.326 e. The maximum absolute atomic E-state index is 12.0. The first kappa shape index (κ1) is 14.7. The van der Waals surface area contributed by atoms with E-state index in [1.807, 2.05) is 20.8 Å². The number of nitrogens with zero attached hydrogens (tertiary/aromatic N) is 2. The van der Waals surface area contributed by atoms with Crippen LogP contribution >= 0.6 is 0 Å². The molecule has 1 unspecified atom stereocenters. The highest BCUT2D eigenvalue weighted by molar-refractivity contribution is 5.82. The highest BCUT2D eigenvalue weighted by Gasteiger charge is 2.28. The van der Waals surface area contributed by atoms with Gasteiger partial charge in [0.1, 0.15) is 6.04 Å². The molecule has 0 aliphatic heterocycles. The summed E-state index contributed by atoms with van der Waals surface area (Å²) in [5, 5.41) is 8.97. The minimum Gasteiger partial charge on any atom is -0.480 e. The zero-order valence-electron chi connectivity index (χ0n) is 10.7. The van der Waals surface area contributed by atoms with Crippen LogP contribution < -0.4 is 0 Å². The lowest BCUT2D eigenvalue weighted by Gasteiger charge is -2.32. The van der Waals surface area contributed by atoms with Crippen molar-refractivity contribution >= 4 is 12.0 Å². The number of carboxylic acid groups (broad SMARTS) is 1. The Labute approximate surface area is 97.0 Å². The van der Waals surface area contributed by atoms with E-state index in [0.29, 0.717) is 13.0 Å². The van der Waals surface area contributed by atoms with Gasteiger partial charge in [-0.1, -0.05) is 6.92 Å². The lowest BCUT2D eigenvalue weighted by Crippen LogP contribution is -2.50. The normalized spacial score (nSPS) is 12.4. The van der Waals surface area contributed by atoms with E-state index in [1.165, 1.54) is 11.9 Å². The summed E-state index contributed by atoms with van der Waals surface area (Å²) >= 11 is 0. The predicted octanol–water partition coefficient (Wildman–Crippen LogP) is 1.63. The van der Waals surface area contributed by atoms with Crippen LogP contribution in [0.4, 0.5) is 4.79 Å². The van der Waals surface area contributed by atoms with Crippen molar-refractivity contribution in [1.82, 2.24) is 9.80 Å². The van der Waals surface area contributed by atoms with Crippen molar-refractivity contribution in [3.05, 3.63) is 0 Å². The summed E-state index contributed by atoms with van der Waals surface area (Å²) in [7, 11) is 1.54. The summed E-state index contributed by atoms with van der Waals surface area (Å²) < 4.78 is 0. The molecule has 0 fully saturated rings. The van der Waals surface area contributed by atoms with E-state index in [4.69, 9.17) is 5.11 Å². The second kappa shape index (κ2) is 6.35. The van der Waals surface area contributed by atoms with Gasteiger partial charge in [-0.15, -0.1) is 0 Å². The largest absolute Gasteiger partial charge is 0.480 e. The molecule has 0 radical (unpaired) electrons. The standard InChI is InChI=1S/C11H22N2O3/c1-6-9(10(14)15)12(5)11(16)13(7-2)8(3)4/h8-9H,6-7H2,1-5H3,(H,14,15). The molecule has 0 heterocycles. The summed E-state index contributed by atoms with van der Waals surface area (Å²) in [5.41, 5.74) is 0. The molecule has 0 spiro atoms. The lowest BCUT2D eigenvalue weighted by atomic mass is 10.2. The summed E-state index contributed by atoms with van der Waals surface area (Å²) in [6.07, 6.45) is 0.410. The van der Waals surface area contributed by atoms with Crippen molar-refractivity contribution in [3.63, 3.8) is 0 Å². The summed E-state index contributed by atoms with van der Waals surface area (Å²) in [6, 6.07) is -0.904. The number of aliphatic carboxylic acids is 1. The molecule has 1 N–H and O–H groups in total. The summed E-state index contributed by atoms with van der Waals surface area (Å²) in [5.74, 6) is -0.960. The number of carbonyl (C=O) groups is 2. The van der Waals surface area contributed by atoms with Gasteiger partial charge in [-0.3, -0.25) is 0 Å². The van der Waals surface area contributed by atoms with Gasteiger partial charge in [0.05, 0.1) is 0 Å². The van der Waals surface area contributed by atoms with E-state index in [2.05, 4.69) is 0 Å². The molecular formula is C11H22N2O3. The van der Waals surface area contributed by atoms with Crippen molar-refractivity contribution in [2.45, 2.75) is 46.2 Å². The van der Waals surface area contributed by atoms with Crippen LogP contribution in [0.25, 0.3) is 0 Å². The fraction of sp³-hybridized carbons (Fsp3) is 0.818. The molecule has 1 atom stereocenters. The van der Waals surface area contributed by atoms with E-state index in [9.17, 15) is 9.59 Å². The van der Waals surface area contributed by atoms with Gasteiger partial charge in [0, 0.05) is 19.6 Å². The van der Waals surface area contributed by atoms with Crippen molar-refractivity contribution < 1.29 is 14.7 Å². The van der Waals surface area contributed by atoms with Gasteiger partial charge in [0.2, 0.25) is 0 Å². The zero-order valence-corrected chi connectivity index (χ0v) is 10.7. The predicted molar refractivity (Wildman–Crippen MR) is 62.4 cm³/mol. The molecule has 0 rings (SSSR count). The quantitative estimate of drug-likeness (QED) is 0.781. The molecule has 0 aromatic heterocycles. The topological polar surface area (TPSA) is 60.9 Å². The zero-order chi connectivity index (χ0) is 12.9. The molecule has 5 heteroatoms. The Balaban J connectivity index is 4.75. The second-order valence-corrected chi connectivity index (χ2v) is 4.04. The number of carboxylic acids is 1. The first-order valence-electron chi connectivity index (χ1n) is 5.62. The van der Waals surface area contributed by atoms with E-state index < -0.39 is 12.0 Å². The van der Waals surface area contributed by atoms with Gasteiger partial charge < -0.3 is 14.9 Å². The molecule has 0 aliphatic carbocycles. The van der Waals surface area contributed by atoms with Crippen molar-refractivity contribution in [3.8, 4) is 0 Å². The molecule has 0 saturated heterocycles. The van der Waals surface area contributed by atoms with Gasteiger partial charge in [0.25, 0.3) is 0 Å². The summed E-state index contributed by atoms with van der Waals surface area (Å²) in [6.45, 7) is 8.05. The Morgan fingerprint density at radius 2 is 1.75 bits per heavy atom. The highest BCUT2D eigenvalue weighted by Crippen LogP contribution is 2.09. The third-order valence-corrected chi connectivity index (χ3v) is 2.65. The fourth-order valence-electron chi connectivity index (χ4n) is 1.67. The van der Waals surface area contributed by atoms with E-state index in [-0.39, 0.29) is 12.1 Å². The van der Waals surface area contributed by atoms with Crippen molar-refractivity contribution in [1.29, 1.82) is 0 Å². The molecule has 0 aromatic carbocycles. The number of carbonyl (C=O) groups excluding carboxylic acids is 1. The van der Waals surface area contributed by atoms with Gasteiger partial charge in [-0.25, -0.2) is 9.59 Å². The fourth-order valence-corrected chi connectivity index (χ4v) is 1.67. The average molecular weight is 230 g/mol. The monoisotopic (exact) mass is 230 g/mol. The Bertz CT molecular complexity index is 254. The minimum absolute atomic E-state index is 0.0752. The van der Waals surface area contributed by atoms with Gasteiger partial charge in [-0.05, 0) is 27.2 Å². The lowest BCUT2D eigenvalue weighted by molar-refractivity contribution is -0.142. The Morgan fingerprint density at radius 3 is 2.00 bits per heavy atom. The Hall–Kier alpha value is -1.26. The van der Waals surface area contributed by atoms with Gasteiger partial charge in [-0.2, -0.15) is 0 Å². The molecule has 5 nitrogen and oxygen atoms in total. The van der Waals surface area contributed by atoms with Crippen LogP contribution in [0.3, 0.4) is 0 Å². The molecule has 94 valence electrons. The van der Waals surface area contributed by atoms with Crippen LogP contribution in [0.15, 0.2) is 0 Å². The number of likely N-dealkylation sites (N-methyl/N-ethyl adjacent to an activating group) is 1. The van der Waals surface area contributed by atoms with E-state index in [0.717, 1.165) is 0 Å². The van der Waals surface area contributed by atoms with Crippen LogP contribution in [-0.2, 0) is 4.79 Å². The Kier molecular flexibility index (Phi) is 5.85. The molecular weight excluding hydrogens is 208 g/mol. The second-order valence-electron chi connectivity index (χ2n) is 4.04. The van der Waals surface area contributed by atoms with Crippen molar-refractivity contribution in [2.24, 2.45) is 0 Å². The molecule has 0 bridgehead atoms. The van der Waals surface area contributed by atoms with Crippen LogP contribution in [0.1, 0.15) is 34.1 Å². The molecule has 0 aliphatic rings. The van der Waals surface area contributed by atoms with Crippen LogP contribution in [0.2, 0.25) is 0 Å². The van der Waals surface area contributed by atoms with Gasteiger partial charge >= 0.3 is 12.0 Å². The molecule has 2 amide bonds. The first-order valence-corrected chi connectivity index (χ1v) is 5.62. The highest BCUT2D eigenvalue weighted by atomic mass is 16.4. The molecule has 0 saturated carbocycles. The van der Waals surface area contributed by atoms with Crippen molar-refractivity contribution in [2.75, 3.05) is 13.6 Å². The maximum Gasteiger partial charge on any atom is 0.326 e. The summed E-state index contributed by atoms with van der Waals surface area (Å²) in [4.78, 5) is 25.9. The van der Waals surface area contributed by atoms with Gasteiger partial charge in [0.15, 0.2) is 0 Å². The SMILES string of the molecule is CCC(C(=O)O)N(C)C(=O)N(CC)C(C)C. The number of rotatable bonds is 5. The molecule has 0 aromatic rings. The first-order chi connectivity index (χ1) is 7.36. The van der Waals surface area contributed by atoms with E-state index >= 15 is 0 Å². The number of hydrogen-bond acceptors (Lipinski definition) is 2. The maximum atomic E-state index is 12.0. The number of hydrogen-bond donors (Lipinski definition) is 1. The molecule has 16 heavy (non-hydrogen) atoms. The number of urea groups is 1. The van der Waals surface area contributed by atoms with E-state index in [1.54, 1.807) is 11.8 Å². The van der Waals surface area contributed by atoms with Crippen LogP contribution in [0, 0.1) is 0 Å². The average Bonchev–Trinajstić information content (AvgIpc) is 2.18. The Morgan fingerprint density at radius 1 is 1.25 bits per heavy atom.